The van der Waals surface area contributed by atoms with Gasteiger partial charge in [-0.1, -0.05) is 30.3 Å². The van der Waals surface area contributed by atoms with Crippen molar-refractivity contribution in [1.82, 2.24) is 9.88 Å². The quantitative estimate of drug-likeness (QED) is 0.705. The molecule has 0 radical (unpaired) electrons. The van der Waals surface area contributed by atoms with Crippen molar-refractivity contribution in [2.75, 3.05) is 13.2 Å². The largest absolute Gasteiger partial charge is 0.493 e. The molecule has 0 fully saturated rings. The molecule has 4 heteroatoms. The number of hydrogen-bond donors (Lipinski definition) is 0. The molecule has 4 nitrogen and oxygen atoms in total. The van der Waals surface area contributed by atoms with Gasteiger partial charge in [0, 0.05) is 37.5 Å². The Hall–Kier alpha value is -2.59. The molecule has 0 amide bonds. The topological polar surface area (TPSA) is 38.5 Å². The van der Waals surface area contributed by atoms with Crippen molar-refractivity contribution in [3.8, 4) is 17.2 Å². The molecule has 0 saturated heterocycles. The Morgan fingerprint density at radius 2 is 1.96 bits per heavy atom. The van der Waals surface area contributed by atoms with Gasteiger partial charge in [0.25, 0.3) is 0 Å². The van der Waals surface area contributed by atoms with Crippen molar-refractivity contribution >= 4 is 0 Å². The predicted octanol–water partition coefficient (Wildman–Crippen LogP) is 4.40. The second-order valence-electron chi connectivity index (χ2n) is 7.12. The van der Waals surface area contributed by atoms with Gasteiger partial charge in [-0.15, -0.1) is 0 Å². The first-order valence-electron chi connectivity index (χ1n) is 9.31. The van der Waals surface area contributed by atoms with Crippen LogP contribution in [-0.2, 0) is 19.4 Å². The van der Waals surface area contributed by atoms with Gasteiger partial charge in [-0.2, -0.15) is 0 Å². The Bertz CT molecular complexity index is 933. The molecule has 2 aromatic carbocycles. The van der Waals surface area contributed by atoms with Crippen LogP contribution >= 0.6 is 0 Å². The van der Waals surface area contributed by atoms with Crippen molar-refractivity contribution < 1.29 is 9.15 Å². The average molecular weight is 346 g/mol. The molecule has 1 aromatic heterocycles. The lowest BCUT2D eigenvalue weighted by molar-refractivity contribution is 0.182. The van der Waals surface area contributed by atoms with Crippen LogP contribution in [0.25, 0.3) is 11.5 Å². The monoisotopic (exact) mass is 346 g/mol. The summed E-state index contributed by atoms with van der Waals surface area (Å²) >= 11 is 0. The summed E-state index contributed by atoms with van der Waals surface area (Å²) in [4.78, 5) is 7.24. The van der Waals surface area contributed by atoms with Crippen LogP contribution in [-0.4, -0.2) is 23.0 Å². The molecule has 1 atom stereocenters. The maximum atomic E-state index is 6.03. The van der Waals surface area contributed by atoms with Crippen molar-refractivity contribution in [2.24, 2.45) is 0 Å². The highest BCUT2D eigenvalue weighted by Crippen LogP contribution is 2.33. The van der Waals surface area contributed by atoms with Crippen molar-refractivity contribution in [3.05, 3.63) is 71.1 Å². The maximum Gasteiger partial charge on any atom is 0.226 e. The lowest BCUT2D eigenvalue weighted by Crippen LogP contribution is -2.32. The molecule has 0 N–H and O–H groups in total. The number of aromatic nitrogens is 1. The number of rotatable bonds is 3. The zero-order valence-electron chi connectivity index (χ0n) is 14.9. The molecule has 3 heterocycles. The van der Waals surface area contributed by atoms with E-state index in [2.05, 4.69) is 30.0 Å². The smallest absolute Gasteiger partial charge is 0.226 e. The minimum atomic E-state index is 0.328. The second-order valence-corrected chi connectivity index (χ2v) is 7.12. The Labute approximate surface area is 153 Å². The number of ether oxygens (including phenoxy) is 1. The zero-order valence-corrected chi connectivity index (χ0v) is 14.9. The van der Waals surface area contributed by atoms with Crippen molar-refractivity contribution in [2.45, 2.75) is 32.4 Å². The lowest BCUT2D eigenvalue weighted by Gasteiger charge is -2.31. The molecule has 5 rings (SSSR count). The van der Waals surface area contributed by atoms with Gasteiger partial charge in [-0.05, 0) is 36.2 Å². The van der Waals surface area contributed by atoms with Crippen LogP contribution in [0.4, 0.5) is 0 Å². The van der Waals surface area contributed by atoms with Crippen LogP contribution in [0.2, 0.25) is 0 Å². The summed E-state index contributed by atoms with van der Waals surface area (Å²) < 4.78 is 11.8. The summed E-state index contributed by atoms with van der Waals surface area (Å²) in [6.45, 7) is 4.88. The van der Waals surface area contributed by atoms with Crippen LogP contribution in [0.1, 0.15) is 35.5 Å². The highest BCUT2D eigenvalue weighted by Gasteiger charge is 2.27. The highest BCUT2D eigenvalue weighted by molar-refractivity contribution is 5.53. The van der Waals surface area contributed by atoms with Crippen LogP contribution in [0.3, 0.4) is 0 Å². The van der Waals surface area contributed by atoms with Gasteiger partial charge in [0.2, 0.25) is 5.89 Å². The number of fused-ring (bicyclic) bond motifs is 2. The summed E-state index contributed by atoms with van der Waals surface area (Å²) in [6, 6.07) is 17.1. The summed E-state index contributed by atoms with van der Waals surface area (Å²) in [5.74, 6) is 2.82. The van der Waals surface area contributed by atoms with Crippen molar-refractivity contribution in [3.63, 3.8) is 0 Å². The third kappa shape index (κ3) is 2.71. The Morgan fingerprint density at radius 1 is 1.08 bits per heavy atom. The fourth-order valence-corrected chi connectivity index (χ4v) is 3.91. The summed E-state index contributed by atoms with van der Waals surface area (Å²) in [5, 5.41) is 0. The average Bonchev–Trinajstić information content (AvgIpc) is 3.33. The van der Waals surface area contributed by atoms with E-state index in [0.717, 1.165) is 61.2 Å². The highest BCUT2D eigenvalue weighted by atomic mass is 16.5. The standard InChI is InChI=1S/C22H22N2O2/c1-15(18-8-7-16-10-12-25-21(16)13-18)24-11-9-20-19(14-24)23-22(26-20)17-5-3-2-4-6-17/h2-8,13,15H,9-12,14H2,1H3. The zero-order chi connectivity index (χ0) is 17.5. The number of benzene rings is 2. The van der Waals surface area contributed by atoms with E-state index in [9.17, 15) is 0 Å². The summed E-state index contributed by atoms with van der Waals surface area (Å²) in [5.41, 5.74) is 4.74. The first kappa shape index (κ1) is 15.6. The van der Waals surface area contributed by atoms with E-state index in [1.54, 1.807) is 0 Å². The van der Waals surface area contributed by atoms with E-state index in [-0.39, 0.29) is 0 Å². The third-order valence-electron chi connectivity index (χ3n) is 5.53. The van der Waals surface area contributed by atoms with E-state index in [1.807, 2.05) is 30.3 Å². The lowest BCUT2D eigenvalue weighted by atomic mass is 10.0. The van der Waals surface area contributed by atoms with Gasteiger partial charge < -0.3 is 9.15 Å². The van der Waals surface area contributed by atoms with Gasteiger partial charge in [-0.3, -0.25) is 4.90 Å². The summed E-state index contributed by atoms with van der Waals surface area (Å²) in [7, 11) is 0. The molecule has 0 aliphatic carbocycles. The van der Waals surface area contributed by atoms with Crippen LogP contribution in [0, 0.1) is 0 Å². The van der Waals surface area contributed by atoms with E-state index < -0.39 is 0 Å². The van der Waals surface area contributed by atoms with E-state index >= 15 is 0 Å². The van der Waals surface area contributed by atoms with Gasteiger partial charge in [-0.25, -0.2) is 4.98 Å². The first-order chi connectivity index (χ1) is 12.8. The van der Waals surface area contributed by atoms with Gasteiger partial charge >= 0.3 is 0 Å². The van der Waals surface area contributed by atoms with Gasteiger partial charge in [0.05, 0.1) is 12.3 Å². The molecular formula is C22H22N2O2. The molecule has 1 unspecified atom stereocenters. The fraction of sp³-hybridized carbons (Fsp3) is 0.318. The first-order valence-corrected chi connectivity index (χ1v) is 9.31. The van der Waals surface area contributed by atoms with Crippen LogP contribution in [0.15, 0.2) is 52.9 Å². The number of nitrogens with zero attached hydrogens (tertiary/aromatic N) is 2. The molecular weight excluding hydrogens is 324 g/mol. The van der Waals surface area contributed by atoms with E-state index in [1.165, 1.54) is 11.1 Å². The van der Waals surface area contributed by atoms with Crippen molar-refractivity contribution in [1.29, 1.82) is 0 Å². The predicted molar refractivity (Wildman–Crippen MR) is 100 cm³/mol. The van der Waals surface area contributed by atoms with E-state index in [0.29, 0.717) is 6.04 Å². The number of hydrogen-bond acceptors (Lipinski definition) is 4. The molecule has 2 aliphatic heterocycles. The Morgan fingerprint density at radius 3 is 2.85 bits per heavy atom. The minimum Gasteiger partial charge on any atom is -0.493 e. The summed E-state index contributed by atoms with van der Waals surface area (Å²) in [6.07, 6.45) is 1.93. The molecule has 3 aromatic rings. The van der Waals surface area contributed by atoms with Gasteiger partial charge in [0.15, 0.2) is 0 Å². The van der Waals surface area contributed by atoms with Crippen LogP contribution < -0.4 is 4.74 Å². The fourth-order valence-electron chi connectivity index (χ4n) is 3.91. The van der Waals surface area contributed by atoms with Crippen LogP contribution in [0.5, 0.6) is 5.75 Å². The molecule has 26 heavy (non-hydrogen) atoms. The van der Waals surface area contributed by atoms with E-state index in [4.69, 9.17) is 14.1 Å². The maximum absolute atomic E-state index is 6.03. The van der Waals surface area contributed by atoms with Gasteiger partial charge in [0.1, 0.15) is 11.5 Å². The second kappa shape index (κ2) is 6.29. The Kier molecular flexibility index (Phi) is 3.79. The molecule has 0 bridgehead atoms. The molecule has 0 spiro atoms. The molecule has 0 saturated carbocycles. The molecule has 132 valence electrons. The SMILES string of the molecule is CC(c1ccc2c(c1)OCC2)N1CCc2oc(-c3ccccc3)nc2C1. The number of oxazole rings is 1. The molecule has 2 aliphatic rings. The normalized spacial score (nSPS) is 17.4. The Balaban J connectivity index is 1.38. The minimum absolute atomic E-state index is 0.328. The third-order valence-corrected chi connectivity index (χ3v) is 5.53.